The summed E-state index contributed by atoms with van der Waals surface area (Å²) in [4.78, 5) is 2.18. The Balaban J connectivity index is 2.30. The van der Waals surface area contributed by atoms with Gasteiger partial charge in [0.25, 0.3) is 0 Å². The maximum Gasteiger partial charge on any atom is 0.0813 e. The van der Waals surface area contributed by atoms with E-state index in [1.165, 1.54) is 0 Å². The van der Waals surface area contributed by atoms with Crippen LogP contribution in [-0.4, -0.2) is 42.9 Å². The molecule has 0 radical (unpaired) electrons. The number of aliphatic hydroxyl groups excluding tert-OH is 1. The Morgan fingerprint density at radius 3 is 2.58 bits per heavy atom. The maximum atomic E-state index is 10.2. The highest BCUT2D eigenvalue weighted by Gasteiger charge is 2.11. The van der Waals surface area contributed by atoms with Crippen molar-refractivity contribution >= 4 is 15.9 Å². The van der Waals surface area contributed by atoms with Crippen LogP contribution in [0.15, 0.2) is 28.7 Å². The highest BCUT2D eigenvalue weighted by molar-refractivity contribution is 9.10. The van der Waals surface area contributed by atoms with Gasteiger partial charge in [0.05, 0.1) is 18.8 Å². The van der Waals surface area contributed by atoms with E-state index in [0.29, 0.717) is 0 Å². The molecule has 3 nitrogen and oxygen atoms in total. The molecule has 1 N–H and O–H groups in total. The molecule has 0 aliphatic heterocycles. The number of likely N-dealkylation sites (N-methyl/N-ethyl adjacent to an activating group) is 1. The highest BCUT2D eigenvalue weighted by Crippen LogP contribution is 2.25. The van der Waals surface area contributed by atoms with Gasteiger partial charge < -0.3 is 14.7 Å². The first kappa shape index (κ1) is 16.6. The largest absolute Gasteiger partial charge is 0.388 e. The van der Waals surface area contributed by atoms with Gasteiger partial charge in [-0.1, -0.05) is 34.1 Å². The van der Waals surface area contributed by atoms with Gasteiger partial charge >= 0.3 is 0 Å². The van der Waals surface area contributed by atoms with Crippen molar-refractivity contribution in [1.29, 1.82) is 0 Å². The van der Waals surface area contributed by atoms with Gasteiger partial charge in [0.2, 0.25) is 0 Å². The van der Waals surface area contributed by atoms with Gasteiger partial charge in [0.1, 0.15) is 0 Å². The lowest BCUT2D eigenvalue weighted by Crippen LogP contribution is -2.26. The Morgan fingerprint density at radius 2 is 1.95 bits per heavy atom. The van der Waals surface area contributed by atoms with Crippen molar-refractivity contribution in [2.24, 2.45) is 0 Å². The molecule has 0 spiro atoms. The minimum absolute atomic E-state index is 0.277. The fourth-order valence-corrected chi connectivity index (χ4v) is 2.35. The second-order valence-electron chi connectivity index (χ2n) is 5.05. The molecule has 19 heavy (non-hydrogen) atoms. The number of hydrogen-bond donors (Lipinski definition) is 1. The van der Waals surface area contributed by atoms with Crippen LogP contribution < -0.4 is 0 Å². The minimum atomic E-state index is -0.427. The summed E-state index contributed by atoms with van der Waals surface area (Å²) in [7, 11) is 2.05. The van der Waals surface area contributed by atoms with E-state index in [2.05, 4.69) is 27.9 Å². The summed E-state index contributed by atoms with van der Waals surface area (Å²) in [5.41, 5.74) is 0.953. The zero-order valence-electron chi connectivity index (χ0n) is 12.0. The van der Waals surface area contributed by atoms with Crippen LogP contribution in [0.25, 0.3) is 0 Å². The van der Waals surface area contributed by atoms with Crippen LogP contribution in [0.5, 0.6) is 0 Å². The number of hydrogen-bond acceptors (Lipinski definition) is 3. The predicted molar refractivity (Wildman–Crippen MR) is 82.3 cm³/mol. The van der Waals surface area contributed by atoms with Crippen LogP contribution in [0.4, 0.5) is 0 Å². The lowest BCUT2D eigenvalue weighted by atomic mass is 10.1. The van der Waals surface area contributed by atoms with Crippen LogP contribution in [0.3, 0.4) is 0 Å². The Morgan fingerprint density at radius 1 is 1.26 bits per heavy atom. The van der Waals surface area contributed by atoms with E-state index < -0.39 is 6.10 Å². The molecule has 1 aromatic rings. The number of halogens is 1. The fraction of sp³-hybridized carbons (Fsp3) is 0.600. The zero-order chi connectivity index (χ0) is 14.3. The molecule has 0 heterocycles. The summed E-state index contributed by atoms with van der Waals surface area (Å²) in [5.74, 6) is 0. The summed E-state index contributed by atoms with van der Waals surface area (Å²) >= 11 is 3.47. The van der Waals surface area contributed by atoms with Crippen LogP contribution in [-0.2, 0) is 4.74 Å². The van der Waals surface area contributed by atoms with E-state index in [1.54, 1.807) is 0 Å². The van der Waals surface area contributed by atoms with E-state index in [-0.39, 0.29) is 6.10 Å². The monoisotopic (exact) mass is 329 g/mol. The van der Waals surface area contributed by atoms with E-state index >= 15 is 0 Å². The van der Waals surface area contributed by atoms with E-state index in [4.69, 9.17) is 4.74 Å². The van der Waals surface area contributed by atoms with Gasteiger partial charge in [-0.2, -0.15) is 0 Å². The molecule has 0 amide bonds. The standard InChI is InChI=1S/C15H24BrNO2/c1-12(2)19-11-10-17(3)9-8-15(18)13-6-4-5-7-14(13)16/h4-7,12,15,18H,8-11H2,1-3H3. The normalized spacial score (nSPS) is 13.2. The summed E-state index contributed by atoms with van der Waals surface area (Å²) < 4.78 is 6.48. The summed E-state index contributed by atoms with van der Waals surface area (Å²) in [5, 5.41) is 10.2. The molecule has 0 saturated heterocycles. The molecule has 1 unspecified atom stereocenters. The SMILES string of the molecule is CC(C)OCCN(C)CCC(O)c1ccccc1Br. The van der Waals surface area contributed by atoms with Crippen molar-refractivity contribution < 1.29 is 9.84 Å². The smallest absolute Gasteiger partial charge is 0.0813 e. The van der Waals surface area contributed by atoms with Gasteiger partial charge in [-0.05, 0) is 38.9 Å². The summed E-state index contributed by atoms with van der Waals surface area (Å²) in [6, 6.07) is 7.81. The predicted octanol–water partition coefficient (Wildman–Crippen LogP) is 3.23. The molecule has 4 heteroatoms. The van der Waals surface area contributed by atoms with Crippen LogP contribution in [0, 0.1) is 0 Å². The Kier molecular flexibility index (Phi) is 7.61. The molecule has 0 bridgehead atoms. The van der Waals surface area contributed by atoms with Crippen molar-refractivity contribution in [3.05, 3.63) is 34.3 Å². The third-order valence-corrected chi connectivity index (χ3v) is 3.69. The van der Waals surface area contributed by atoms with Gasteiger partial charge in [-0.25, -0.2) is 0 Å². The van der Waals surface area contributed by atoms with Crippen molar-refractivity contribution in [3.8, 4) is 0 Å². The molecular weight excluding hydrogens is 306 g/mol. The topological polar surface area (TPSA) is 32.7 Å². The van der Waals surface area contributed by atoms with E-state index in [9.17, 15) is 5.11 Å². The third kappa shape index (κ3) is 6.52. The van der Waals surface area contributed by atoms with E-state index in [0.717, 1.165) is 36.2 Å². The van der Waals surface area contributed by atoms with Crippen molar-refractivity contribution in [2.75, 3.05) is 26.7 Å². The summed E-state index contributed by atoms with van der Waals surface area (Å²) in [6.07, 6.45) is 0.573. The van der Waals surface area contributed by atoms with Gasteiger partial charge in [-0.3, -0.25) is 0 Å². The van der Waals surface area contributed by atoms with Crippen molar-refractivity contribution in [3.63, 3.8) is 0 Å². The lowest BCUT2D eigenvalue weighted by Gasteiger charge is -2.20. The first-order valence-electron chi connectivity index (χ1n) is 6.73. The summed E-state index contributed by atoms with van der Waals surface area (Å²) in [6.45, 7) is 6.55. The Bertz CT molecular complexity index is 371. The molecule has 1 rings (SSSR count). The molecule has 0 saturated carbocycles. The molecular formula is C15H24BrNO2. The molecule has 0 fully saturated rings. The first-order valence-corrected chi connectivity index (χ1v) is 7.52. The lowest BCUT2D eigenvalue weighted by molar-refractivity contribution is 0.0601. The number of nitrogens with zero attached hydrogens (tertiary/aromatic N) is 1. The van der Waals surface area contributed by atoms with Crippen molar-refractivity contribution in [2.45, 2.75) is 32.5 Å². The molecule has 0 aromatic heterocycles. The molecule has 1 aromatic carbocycles. The number of aliphatic hydroxyl groups is 1. The van der Waals surface area contributed by atoms with Crippen LogP contribution in [0.1, 0.15) is 31.9 Å². The number of ether oxygens (including phenoxy) is 1. The van der Waals surface area contributed by atoms with E-state index in [1.807, 2.05) is 38.1 Å². The zero-order valence-corrected chi connectivity index (χ0v) is 13.6. The average molecular weight is 330 g/mol. The van der Waals surface area contributed by atoms with Gasteiger partial charge in [0.15, 0.2) is 0 Å². The fourth-order valence-electron chi connectivity index (χ4n) is 1.80. The van der Waals surface area contributed by atoms with Crippen LogP contribution >= 0.6 is 15.9 Å². The highest BCUT2D eigenvalue weighted by atomic mass is 79.9. The molecule has 108 valence electrons. The first-order chi connectivity index (χ1) is 9.00. The number of rotatable bonds is 8. The second kappa shape index (κ2) is 8.69. The Labute approximate surface area is 124 Å². The van der Waals surface area contributed by atoms with Crippen molar-refractivity contribution in [1.82, 2.24) is 4.90 Å². The third-order valence-electron chi connectivity index (χ3n) is 2.97. The molecule has 1 atom stereocenters. The second-order valence-corrected chi connectivity index (χ2v) is 5.90. The van der Waals surface area contributed by atoms with Crippen LogP contribution in [0.2, 0.25) is 0 Å². The minimum Gasteiger partial charge on any atom is -0.388 e. The van der Waals surface area contributed by atoms with Gasteiger partial charge in [0, 0.05) is 17.6 Å². The number of benzene rings is 1. The molecule has 0 aliphatic rings. The maximum absolute atomic E-state index is 10.2. The quantitative estimate of drug-likeness (QED) is 0.794. The Hall–Kier alpha value is -0.420. The van der Waals surface area contributed by atoms with Gasteiger partial charge in [-0.15, -0.1) is 0 Å². The molecule has 0 aliphatic carbocycles. The average Bonchev–Trinajstić information content (AvgIpc) is 2.36.